The van der Waals surface area contributed by atoms with Gasteiger partial charge < -0.3 is 10.6 Å². The van der Waals surface area contributed by atoms with Crippen LogP contribution in [0.5, 0.6) is 0 Å². The average molecular weight is 202 g/mol. The first kappa shape index (κ1) is 19.3. The fourth-order valence-electron chi connectivity index (χ4n) is 0.588. The minimum absolute atomic E-state index is 1.08. The van der Waals surface area contributed by atoms with Gasteiger partial charge in [0, 0.05) is 13.1 Å². The molecule has 14 heavy (non-hydrogen) atoms. The smallest absolute Gasteiger partial charge is 0.0165 e. The van der Waals surface area contributed by atoms with Gasteiger partial charge >= 0.3 is 0 Å². The molecular weight excluding hydrogens is 172 g/mol. The molecule has 0 spiro atoms. The summed E-state index contributed by atoms with van der Waals surface area (Å²) in [5.41, 5.74) is 1.47. The molecule has 2 heteroatoms. The average Bonchev–Trinajstić information content (AvgIpc) is 2.62. The van der Waals surface area contributed by atoms with E-state index >= 15 is 0 Å². The lowest BCUT2D eigenvalue weighted by molar-refractivity contribution is 0.875. The molecule has 1 aliphatic rings. The summed E-state index contributed by atoms with van der Waals surface area (Å²) in [6.45, 7) is 12.6. The van der Waals surface area contributed by atoms with E-state index in [1.807, 2.05) is 27.9 Å². The van der Waals surface area contributed by atoms with Crippen LogP contribution in [0, 0.1) is 0 Å². The second-order valence-electron chi connectivity index (χ2n) is 2.89. The first-order chi connectivity index (χ1) is 6.72. The molecule has 1 rings (SSSR count). The SMILES string of the molecule is CC.CC1=CCNC1.CCC.CNC. The van der Waals surface area contributed by atoms with E-state index < -0.39 is 0 Å². The lowest BCUT2D eigenvalue weighted by atomic mass is 10.3. The van der Waals surface area contributed by atoms with Gasteiger partial charge in [-0.25, -0.2) is 0 Å². The highest BCUT2D eigenvalue weighted by Gasteiger charge is 1.92. The van der Waals surface area contributed by atoms with Crippen molar-refractivity contribution >= 4 is 0 Å². The van der Waals surface area contributed by atoms with Crippen molar-refractivity contribution in [3.8, 4) is 0 Å². The lowest BCUT2D eigenvalue weighted by Crippen LogP contribution is -2.06. The van der Waals surface area contributed by atoms with E-state index in [0.29, 0.717) is 0 Å². The van der Waals surface area contributed by atoms with Gasteiger partial charge in [0.25, 0.3) is 0 Å². The highest BCUT2D eigenvalue weighted by molar-refractivity contribution is 5.06. The summed E-state index contributed by atoms with van der Waals surface area (Å²) in [6.07, 6.45) is 3.46. The largest absolute Gasteiger partial charge is 0.323 e. The van der Waals surface area contributed by atoms with Crippen LogP contribution in [0.1, 0.15) is 41.0 Å². The van der Waals surface area contributed by atoms with Gasteiger partial charge in [-0.2, -0.15) is 0 Å². The molecule has 1 aliphatic heterocycles. The van der Waals surface area contributed by atoms with E-state index in [1.165, 1.54) is 12.0 Å². The topological polar surface area (TPSA) is 24.1 Å². The normalized spacial score (nSPS) is 12.1. The van der Waals surface area contributed by atoms with Gasteiger partial charge in [-0.15, -0.1) is 0 Å². The first-order valence-electron chi connectivity index (χ1n) is 5.67. The summed E-state index contributed by atoms with van der Waals surface area (Å²) in [5, 5.41) is 5.93. The summed E-state index contributed by atoms with van der Waals surface area (Å²) in [4.78, 5) is 0. The molecule has 0 amide bonds. The molecule has 0 fully saturated rings. The van der Waals surface area contributed by atoms with E-state index in [4.69, 9.17) is 0 Å². The summed E-state index contributed by atoms with van der Waals surface area (Å²) in [6, 6.07) is 0. The van der Waals surface area contributed by atoms with Crippen molar-refractivity contribution in [2.45, 2.75) is 41.0 Å². The molecule has 0 aromatic carbocycles. The van der Waals surface area contributed by atoms with E-state index in [0.717, 1.165) is 13.1 Å². The Kier molecular flexibility index (Phi) is 31.6. The maximum Gasteiger partial charge on any atom is 0.0165 e. The Hall–Kier alpha value is -0.340. The van der Waals surface area contributed by atoms with Crippen molar-refractivity contribution in [3.05, 3.63) is 11.6 Å². The molecule has 0 unspecified atom stereocenters. The van der Waals surface area contributed by atoms with E-state index in [-0.39, 0.29) is 0 Å². The predicted molar refractivity (Wildman–Crippen MR) is 68.9 cm³/mol. The molecule has 1 heterocycles. The van der Waals surface area contributed by atoms with Gasteiger partial charge in [0.1, 0.15) is 0 Å². The zero-order valence-electron chi connectivity index (χ0n) is 11.2. The van der Waals surface area contributed by atoms with Crippen LogP contribution in [0.15, 0.2) is 11.6 Å². The van der Waals surface area contributed by atoms with Crippen LogP contribution in [-0.4, -0.2) is 27.2 Å². The highest BCUT2D eigenvalue weighted by Crippen LogP contribution is 1.92. The predicted octanol–water partition coefficient (Wildman–Crippen LogP) is 2.81. The number of hydrogen-bond donors (Lipinski definition) is 2. The Balaban J connectivity index is -0.000000132. The Morgan fingerprint density at radius 1 is 1.29 bits per heavy atom. The molecule has 0 bridgehead atoms. The molecule has 0 atom stereocenters. The van der Waals surface area contributed by atoms with Gasteiger partial charge in [-0.1, -0.05) is 45.8 Å². The third-order valence-electron chi connectivity index (χ3n) is 0.999. The molecule has 2 nitrogen and oxygen atoms in total. The molecule has 0 saturated carbocycles. The van der Waals surface area contributed by atoms with Crippen LogP contribution < -0.4 is 10.6 Å². The van der Waals surface area contributed by atoms with Crippen molar-refractivity contribution in [2.24, 2.45) is 0 Å². The second-order valence-corrected chi connectivity index (χ2v) is 2.89. The number of rotatable bonds is 0. The van der Waals surface area contributed by atoms with E-state index in [1.54, 1.807) is 0 Å². The molecule has 2 N–H and O–H groups in total. The first-order valence-corrected chi connectivity index (χ1v) is 5.67. The molecule has 0 aliphatic carbocycles. The quantitative estimate of drug-likeness (QED) is 0.590. The van der Waals surface area contributed by atoms with Gasteiger partial charge in [0.2, 0.25) is 0 Å². The fourth-order valence-corrected chi connectivity index (χ4v) is 0.588. The third kappa shape index (κ3) is 29.9. The van der Waals surface area contributed by atoms with Crippen molar-refractivity contribution in [1.82, 2.24) is 10.6 Å². The highest BCUT2D eigenvalue weighted by atomic mass is 14.9. The fraction of sp³-hybridized carbons (Fsp3) is 0.833. The van der Waals surface area contributed by atoms with E-state index in [9.17, 15) is 0 Å². The summed E-state index contributed by atoms with van der Waals surface area (Å²) in [7, 11) is 3.75. The Labute approximate surface area is 91.2 Å². The van der Waals surface area contributed by atoms with Crippen LogP contribution >= 0.6 is 0 Å². The van der Waals surface area contributed by atoms with Crippen LogP contribution in [-0.2, 0) is 0 Å². The molecule has 0 saturated heterocycles. The van der Waals surface area contributed by atoms with Gasteiger partial charge in [0.05, 0.1) is 0 Å². The molecule has 0 aromatic heterocycles. The van der Waals surface area contributed by atoms with Gasteiger partial charge in [-0.05, 0) is 21.0 Å². The van der Waals surface area contributed by atoms with Crippen molar-refractivity contribution in [1.29, 1.82) is 0 Å². The minimum Gasteiger partial charge on any atom is -0.323 e. The summed E-state index contributed by atoms with van der Waals surface area (Å²) in [5.74, 6) is 0. The van der Waals surface area contributed by atoms with Crippen LogP contribution in [0.3, 0.4) is 0 Å². The Bertz CT molecular complexity index is 96.5. The minimum atomic E-state index is 1.08. The van der Waals surface area contributed by atoms with Gasteiger partial charge in [-0.3, -0.25) is 0 Å². The van der Waals surface area contributed by atoms with Crippen LogP contribution in [0.4, 0.5) is 0 Å². The number of hydrogen-bond acceptors (Lipinski definition) is 2. The maximum absolute atomic E-state index is 3.18. The third-order valence-corrected chi connectivity index (χ3v) is 0.999. The second kappa shape index (κ2) is 23.0. The zero-order chi connectivity index (χ0) is 11.8. The maximum atomic E-state index is 3.18. The summed E-state index contributed by atoms with van der Waals surface area (Å²) >= 11 is 0. The standard InChI is InChI=1S/C5H9N.C3H8.C2H7N.C2H6/c1-5-2-3-6-4-5;2*1-3-2;1-2/h2,6H,3-4H2,1H3;3H2,1-2H3;3H,1-2H3;1-2H3. The monoisotopic (exact) mass is 202 g/mol. The summed E-state index contributed by atoms with van der Waals surface area (Å²) < 4.78 is 0. The Morgan fingerprint density at radius 3 is 1.71 bits per heavy atom. The van der Waals surface area contributed by atoms with Gasteiger partial charge in [0.15, 0.2) is 0 Å². The number of nitrogens with one attached hydrogen (secondary N) is 2. The van der Waals surface area contributed by atoms with Crippen molar-refractivity contribution in [3.63, 3.8) is 0 Å². The van der Waals surface area contributed by atoms with E-state index in [2.05, 4.69) is 37.5 Å². The molecular formula is C12H30N2. The van der Waals surface area contributed by atoms with Crippen molar-refractivity contribution in [2.75, 3.05) is 27.2 Å². The zero-order valence-corrected chi connectivity index (χ0v) is 11.2. The lowest BCUT2D eigenvalue weighted by Gasteiger charge is -1.83. The van der Waals surface area contributed by atoms with Crippen molar-refractivity contribution < 1.29 is 0 Å². The van der Waals surface area contributed by atoms with Crippen LogP contribution in [0.25, 0.3) is 0 Å². The molecule has 88 valence electrons. The molecule has 0 aromatic rings. The molecule has 0 radical (unpaired) electrons. The Morgan fingerprint density at radius 2 is 1.64 bits per heavy atom. The van der Waals surface area contributed by atoms with Crippen LogP contribution in [0.2, 0.25) is 0 Å².